The van der Waals surface area contributed by atoms with E-state index in [9.17, 15) is 14.7 Å². The van der Waals surface area contributed by atoms with E-state index in [0.717, 1.165) is 0 Å². The Morgan fingerprint density at radius 1 is 1.19 bits per heavy atom. The molecule has 0 saturated carbocycles. The Labute approximate surface area is 157 Å². The maximum atomic E-state index is 12.5. The molecule has 2 atom stereocenters. The van der Waals surface area contributed by atoms with E-state index in [4.69, 9.17) is 5.11 Å². The predicted octanol–water partition coefficient (Wildman–Crippen LogP) is 2.70. The lowest BCUT2D eigenvalue weighted by molar-refractivity contribution is -0.137. The van der Waals surface area contributed by atoms with Crippen LogP contribution >= 0.6 is 0 Å². The topological polar surface area (TPSA) is 89.9 Å². The highest BCUT2D eigenvalue weighted by Gasteiger charge is 2.48. The lowest BCUT2D eigenvalue weighted by Crippen LogP contribution is -2.39. The fourth-order valence-corrected chi connectivity index (χ4v) is 3.27. The van der Waals surface area contributed by atoms with Gasteiger partial charge in [-0.25, -0.2) is 0 Å². The summed E-state index contributed by atoms with van der Waals surface area (Å²) in [6, 6.07) is 14.2. The van der Waals surface area contributed by atoms with Crippen molar-refractivity contribution < 1.29 is 19.8 Å². The van der Waals surface area contributed by atoms with Crippen molar-refractivity contribution in [1.29, 1.82) is 0 Å². The van der Waals surface area contributed by atoms with Crippen molar-refractivity contribution in [2.24, 2.45) is 5.92 Å². The second-order valence-corrected chi connectivity index (χ2v) is 6.49. The van der Waals surface area contributed by atoms with Gasteiger partial charge in [0.15, 0.2) is 5.60 Å². The number of carbonyl (C=O) groups is 2. The highest BCUT2D eigenvalue weighted by Crippen LogP contribution is 2.43. The quantitative estimate of drug-likeness (QED) is 0.519. The number of benzene rings is 2. The molecule has 140 valence electrons. The number of hydrogen-bond acceptors (Lipinski definition) is 4. The normalized spacial score (nSPS) is 19.6. The van der Waals surface area contributed by atoms with Crippen molar-refractivity contribution in [3.63, 3.8) is 0 Å². The lowest BCUT2D eigenvalue weighted by Gasteiger charge is -2.27. The standard InChI is InChI=1S/C21H22N2O4/c1-15(7-5-6-12-24)21(27)18-13-17(10-11-19(18)22-20(21)26)23(14-25)16-8-3-2-4-9-16/h2-5,7-11,13-15,24,27H,6,12H2,1H3,(H,22,26)/b7-5+/t15-,21+/m1/s1. The van der Waals surface area contributed by atoms with Crippen molar-refractivity contribution in [2.45, 2.75) is 18.9 Å². The van der Waals surface area contributed by atoms with Gasteiger partial charge in [0.2, 0.25) is 6.41 Å². The minimum absolute atomic E-state index is 0.0000491. The molecule has 1 aliphatic heterocycles. The number of aliphatic hydroxyl groups is 2. The lowest BCUT2D eigenvalue weighted by atomic mass is 9.82. The monoisotopic (exact) mass is 366 g/mol. The zero-order valence-electron chi connectivity index (χ0n) is 15.0. The van der Waals surface area contributed by atoms with Crippen LogP contribution < -0.4 is 10.2 Å². The SMILES string of the molecule is C[C@H](/C=C/CCO)[C@@]1(O)C(=O)Nc2ccc(N(C=O)c3ccccc3)cc21. The van der Waals surface area contributed by atoms with E-state index >= 15 is 0 Å². The molecule has 27 heavy (non-hydrogen) atoms. The summed E-state index contributed by atoms with van der Waals surface area (Å²) in [4.78, 5) is 25.7. The van der Waals surface area contributed by atoms with Gasteiger partial charge in [0, 0.05) is 35.2 Å². The fraction of sp³-hybridized carbons (Fsp3) is 0.238. The average Bonchev–Trinajstić information content (AvgIpc) is 2.95. The molecule has 0 spiro atoms. The van der Waals surface area contributed by atoms with E-state index in [1.165, 1.54) is 4.90 Å². The Balaban J connectivity index is 2.02. The van der Waals surface area contributed by atoms with Gasteiger partial charge in [0.25, 0.3) is 5.91 Å². The van der Waals surface area contributed by atoms with E-state index in [-0.39, 0.29) is 6.61 Å². The maximum Gasteiger partial charge on any atom is 0.261 e. The van der Waals surface area contributed by atoms with Crippen LogP contribution in [-0.2, 0) is 15.2 Å². The minimum atomic E-state index is -1.75. The number of nitrogens with one attached hydrogen (secondary N) is 1. The highest BCUT2D eigenvalue weighted by molar-refractivity contribution is 6.06. The van der Waals surface area contributed by atoms with Gasteiger partial charge in [-0.15, -0.1) is 0 Å². The molecule has 3 rings (SSSR count). The molecule has 6 nitrogen and oxygen atoms in total. The van der Waals surface area contributed by atoms with E-state index < -0.39 is 17.4 Å². The molecule has 3 N–H and O–H groups in total. The van der Waals surface area contributed by atoms with Gasteiger partial charge in [-0.1, -0.05) is 37.3 Å². The third-order valence-corrected chi connectivity index (χ3v) is 4.81. The zero-order chi connectivity index (χ0) is 19.4. The second kappa shape index (κ2) is 7.73. The molecule has 1 aliphatic rings. The van der Waals surface area contributed by atoms with Gasteiger partial charge in [0.1, 0.15) is 0 Å². The van der Waals surface area contributed by atoms with E-state index in [1.807, 2.05) is 18.2 Å². The van der Waals surface area contributed by atoms with E-state index in [2.05, 4.69) is 5.32 Å². The zero-order valence-corrected chi connectivity index (χ0v) is 15.0. The maximum absolute atomic E-state index is 12.5. The first-order valence-corrected chi connectivity index (χ1v) is 8.77. The molecule has 0 radical (unpaired) electrons. The van der Waals surface area contributed by atoms with Crippen molar-refractivity contribution >= 4 is 29.4 Å². The van der Waals surface area contributed by atoms with Crippen LogP contribution in [0.4, 0.5) is 17.1 Å². The Morgan fingerprint density at radius 2 is 1.93 bits per heavy atom. The summed E-state index contributed by atoms with van der Waals surface area (Å²) in [6.45, 7) is 1.74. The Bertz CT molecular complexity index is 866. The number of nitrogens with zero attached hydrogens (tertiary/aromatic N) is 1. The smallest absolute Gasteiger partial charge is 0.261 e. The second-order valence-electron chi connectivity index (χ2n) is 6.49. The van der Waals surface area contributed by atoms with E-state index in [1.54, 1.807) is 49.4 Å². The predicted molar refractivity (Wildman–Crippen MR) is 104 cm³/mol. The summed E-state index contributed by atoms with van der Waals surface area (Å²) in [7, 11) is 0. The Morgan fingerprint density at radius 3 is 2.59 bits per heavy atom. The van der Waals surface area contributed by atoms with Crippen LogP contribution in [-0.4, -0.2) is 29.1 Å². The van der Waals surface area contributed by atoms with Crippen LogP contribution in [0.5, 0.6) is 0 Å². The number of fused-ring (bicyclic) bond motifs is 1. The van der Waals surface area contributed by atoms with Crippen molar-refractivity contribution in [3.05, 3.63) is 66.2 Å². The first kappa shape index (κ1) is 18.8. The van der Waals surface area contributed by atoms with Crippen molar-refractivity contribution in [2.75, 3.05) is 16.8 Å². The average molecular weight is 366 g/mol. The summed E-state index contributed by atoms with van der Waals surface area (Å²) in [5.41, 5.74) is 0.435. The van der Waals surface area contributed by atoms with Crippen molar-refractivity contribution in [1.82, 2.24) is 0 Å². The van der Waals surface area contributed by atoms with Gasteiger partial charge in [-0.2, -0.15) is 0 Å². The molecule has 6 heteroatoms. The molecule has 0 aliphatic carbocycles. The third kappa shape index (κ3) is 3.37. The Hall–Kier alpha value is -2.96. The minimum Gasteiger partial charge on any atom is -0.396 e. The summed E-state index contributed by atoms with van der Waals surface area (Å²) in [6.07, 6.45) is 4.60. The molecule has 2 amide bonds. The molecule has 0 saturated heterocycles. The number of para-hydroxylation sites is 1. The molecule has 0 aromatic heterocycles. The number of hydrogen-bond donors (Lipinski definition) is 3. The van der Waals surface area contributed by atoms with Gasteiger partial charge in [-0.05, 0) is 36.8 Å². The number of aliphatic hydroxyl groups excluding tert-OH is 1. The van der Waals surface area contributed by atoms with Gasteiger partial charge < -0.3 is 15.5 Å². The molecule has 2 aromatic carbocycles. The van der Waals surface area contributed by atoms with E-state index in [0.29, 0.717) is 35.5 Å². The third-order valence-electron chi connectivity index (χ3n) is 4.81. The first-order chi connectivity index (χ1) is 13.0. The van der Waals surface area contributed by atoms with Crippen LogP contribution in [0.3, 0.4) is 0 Å². The van der Waals surface area contributed by atoms with Crippen LogP contribution in [0.2, 0.25) is 0 Å². The molecule has 2 aromatic rings. The largest absolute Gasteiger partial charge is 0.396 e. The van der Waals surface area contributed by atoms with Crippen LogP contribution in [0.1, 0.15) is 18.9 Å². The van der Waals surface area contributed by atoms with Gasteiger partial charge in [-0.3, -0.25) is 14.5 Å². The summed E-state index contributed by atoms with van der Waals surface area (Å²) < 4.78 is 0. The number of rotatable bonds is 7. The first-order valence-electron chi connectivity index (χ1n) is 8.77. The molecule has 0 fully saturated rings. The summed E-state index contributed by atoms with van der Waals surface area (Å²) in [5.74, 6) is -1.02. The molecule has 0 bridgehead atoms. The van der Waals surface area contributed by atoms with Crippen molar-refractivity contribution in [3.8, 4) is 0 Å². The van der Waals surface area contributed by atoms with Gasteiger partial charge >= 0.3 is 0 Å². The molecule has 0 unspecified atom stereocenters. The highest BCUT2D eigenvalue weighted by atomic mass is 16.3. The van der Waals surface area contributed by atoms with Crippen LogP contribution in [0.25, 0.3) is 0 Å². The van der Waals surface area contributed by atoms with Crippen LogP contribution in [0.15, 0.2) is 60.7 Å². The Kier molecular flexibility index (Phi) is 5.39. The number of carbonyl (C=O) groups excluding carboxylic acids is 2. The number of amides is 2. The number of anilines is 3. The summed E-state index contributed by atoms with van der Waals surface area (Å²) in [5, 5.41) is 22.8. The van der Waals surface area contributed by atoms with Crippen LogP contribution in [0, 0.1) is 5.92 Å². The summed E-state index contributed by atoms with van der Waals surface area (Å²) >= 11 is 0. The fourth-order valence-electron chi connectivity index (χ4n) is 3.27. The molecular formula is C21H22N2O4. The molecule has 1 heterocycles. The molecular weight excluding hydrogens is 344 g/mol. The van der Waals surface area contributed by atoms with Gasteiger partial charge in [0.05, 0.1) is 0 Å².